The van der Waals surface area contributed by atoms with Gasteiger partial charge >= 0.3 is 0 Å². The molecule has 0 unspecified atom stereocenters. The van der Waals surface area contributed by atoms with Crippen molar-refractivity contribution in [2.75, 3.05) is 33.7 Å². The minimum absolute atomic E-state index is 0.945. The van der Waals surface area contributed by atoms with Gasteiger partial charge in [-0.05, 0) is 46.6 Å². The third kappa shape index (κ3) is 6.19. The summed E-state index contributed by atoms with van der Waals surface area (Å²) in [6.45, 7) is 4.24. The van der Waals surface area contributed by atoms with E-state index in [0.29, 0.717) is 0 Å². The number of hydrogen-bond acceptors (Lipinski definition) is 4. The molecule has 1 rings (SSSR count). The number of rotatable bonds is 8. The fourth-order valence-corrected chi connectivity index (χ4v) is 1.36. The van der Waals surface area contributed by atoms with Gasteiger partial charge in [-0.15, -0.1) is 5.10 Å². The first-order valence-electron chi connectivity index (χ1n) is 5.48. The van der Waals surface area contributed by atoms with Gasteiger partial charge in [0.05, 0.1) is 6.20 Å². The Morgan fingerprint density at radius 3 is 2.73 bits per heavy atom. The molecule has 0 saturated heterocycles. The van der Waals surface area contributed by atoms with Crippen molar-refractivity contribution in [3.8, 4) is 0 Å². The van der Waals surface area contributed by atoms with E-state index >= 15 is 0 Å². The van der Waals surface area contributed by atoms with Crippen LogP contribution in [0.25, 0.3) is 0 Å². The number of nitrogens with zero attached hydrogens (tertiary/aromatic N) is 4. The standard InChI is InChI=1S/C10H21N5/c1-14(2)8-3-5-11-6-4-9-15-10-7-12-13-15/h7,10-11H,3-6,8-9H2,1-2H3. The summed E-state index contributed by atoms with van der Waals surface area (Å²) in [6.07, 6.45) is 5.91. The molecule has 15 heavy (non-hydrogen) atoms. The van der Waals surface area contributed by atoms with Gasteiger partial charge < -0.3 is 10.2 Å². The molecule has 0 aliphatic heterocycles. The highest BCUT2D eigenvalue weighted by Crippen LogP contribution is 1.86. The summed E-state index contributed by atoms with van der Waals surface area (Å²) in [6, 6.07) is 0. The van der Waals surface area contributed by atoms with Crippen LogP contribution >= 0.6 is 0 Å². The SMILES string of the molecule is CN(C)CCCNCCCn1ccnn1. The van der Waals surface area contributed by atoms with Gasteiger partial charge in [0.2, 0.25) is 0 Å². The highest BCUT2D eigenvalue weighted by molar-refractivity contribution is 4.63. The molecule has 0 spiro atoms. The van der Waals surface area contributed by atoms with Gasteiger partial charge in [0, 0.05) is 12.7 Å². The molecule has 0 bridgehead atoms. The average Bonchev–Trinajstić information content (AvgIpc) is 2.68. The van der Waals surface area contributed by atoms with Crippen molar-refractivity contribution < 1.29 is 0 Å². The second-order valence-electron chi connectivity index (χ2n) is 3.93. The quantitative estimate of drug-likeness (QED) is 0.624. The molecule has 0 aliphatic carbocycles. The van der Waals surface area contributed by atoms with Gasteiger partial charge in [0.25, 0.3) is 0 Å². The van der Waals surface area contributed by atoms with Crippen molar-refractivity contribution in [3.63, 3.8) is 0 Å². The van der Waals surface area contributed by atoms with E-state index in [9.17, 15) is 0 Å². The minimum atomic E-state index is 0.945. The molecule has 0 radical (unpaired) electrons. The Morgan fingerprint density at radius 2 is 2.07 bits per heavy atom. The van der Waals surface area contributed by atoms with E-state index in [1.165, 1.54) is 6.42 Å². The van der Waals surface area contributed by atoms with E-state index in [1.807, 2.05) is 10.9 Å². The molecule has 1 N–H and O–H groups in total. The highest BCUT2D eigenvalue weighted by atomic mass is 15.4. The van der Waals surface area contributed by atoms with Gasteiger partial charge in [-0.1, -0.05) is 5.21 Å². The molecule has 0 fully saturated rings. The maximum Gasteiger partial charge on any atom is 0.0692 e. The van der Waals surface area contributed by atoms with Crippen LogP contribution in [-0.2, 0) is 6.54 Å². The zero-order valence-electron chi connectivity index (χ0n) is 9.69. The summed E-state index contributed by atoms with van der Waals surface area (Å²) in [4.78, 5) is 2.21. The lowest BCUT2D eigenvalue weighted by Crippen LogP contribution is -2.22. The second-order valence-corrected chi connectivity index (χ2v) is 3.93. The molecular formula is C10H21N5. The van der Waals surface area contributed by atoms with Crippen LogP contribution in [0.2, 0.25) is 0 Å². The Kier molecular flexibility index (Phi) is 5.96. The summed E-state index contributed by atoms with van der Waals surface area (Å²) < 4.78 is 1.86. The predicted molar refractivity (Wildman–Crippen MR) is 60.7 cm³/mol. The average molecular weight is 211 g/mol. The van der Waals surface area contributed by atoms with E-state index < -0.39 is 0 Å². The Bertz CT molecular complexity index is 232. The number of hydrogen-bond donors (Lipinski definition) is 1. The summed E-state index contributed by atoms with van der Waals surface area (Å²) in [5.74, 6) is 0. The summed E-state index contributed by atoms with van der Waals surface area (Å²) in [5.41, 5.74) is 0. The Labute approximate surface area is 91.5 Å². The lowest BCUT2D eigenvalue weighted by Gasteiger charge is -2.09. The maximum atomic E-state index is 3.91. The van der Waals surface area contributed by atoms with Gasteiger partial charge in [-0.3, -0.25) is 4.68 Å². The van der Waals surface area contributed by atoms with Crippen molar-refractivity contribution in [1.29, 1.82) is 0 Å². The Balaban J connectivity index is 1.85. The van der Waals surface area contributed by atoms with Crippen molar-refractivity contribution in [2.45, 2.75) is 19.4 Å². The summed E-state index contributed by atoms with van der Waals surface area (Å²) in [5, 5.41) is 11.1. The van der Waals surface area contributed by atoms with E-state index in [0.717, 1.165) is 32.6 Å². The van der Waals surface area contributed by atoms with Crippen molar-refractivity contribution in [3.05, 3.63) is 12.4 Å². The molecule has 1 aromatic heterocycles. The molecule has 0 aliphatic rings. The molecule has 0 saturated carbocycles. The van der Waals surface area contributed by atoms with Crippen LogP contribution in [0.5, 0.6) is 0 Å². The third-order valence-electron chi connectivity index (χ3n) is 2.17. The molecule has 5 nitrogen and oxygen atoms in total. The smallest absolute Gasteiger partial charge is 0.0692 e. The highest BCUT2D eigenvalue weighted by Gasteiger charge is 1.93. The fourth-order valence-electron chi connectivity index (χ4n) is 1.36. The van der Waals surface area contributed by atoms with E-state index in [4.69, 9.17) is 0 Å². The molecule has 0 aromatic carbocycles. The van der Waals surface area contributed by atoms with Crippen molar-refractivity contribution >= 4 is 0 Å². The van der Waals surface area contributed by atoms with E-state index in [1.54, 1.807) is 6.20 Å². The maximum absolute atomic E-state index is 3.91. The molecule has 1 heterocycles. The zero-order valence-corrected chi connectivity index (χ0v) is 9.69. The monoisotopic (exact) mass is 211 g/mol. The largest absolute Gasteiger partial charge is 0.317 e. The molecule has 86 valence electrons. The van der Waals surface area contributed by atoms with E-state index in [-0.39, 0.29) is 0 Å². The Morgan fingerprint density at radius 1 is 1.27 bits per heavy atom. The van der Waals surface area contributed by atoms with Crippen LogP contribution in [0.3, 0.4) is 0 Å². The van der Waals surface area contributed by atoms with Crippen LogP contribution in [0.4, 0.5) is 0 Å². The lowest BCUT2D eigenvalue weighted by atomic mass is 10.3. The first-order chi connectivity index (χ1) is 7.29. The first kappa shape index (κ1) is 12.1. The normalized spacial score (nSPS) is 11.1. The molecule has 5 heteroatoms. The topological polar surface area (TPSA) is 46.0 Å². The van der Waals surface area contributed by atoms with Crippen LogP contribution in [0.15, 0.2) is 12.4 Å². The molecular weight excluding hydrogens is 190 g/mol. The van der Waals surface area contributed by atoms with E-state index in [2.05, 4.69) is 34.6 Å². The zero-order chi connectivity index (χ0) is 10.9. The third-order valence-corrected chi connectivity index (χ3v) is 2.17. The molecule has 1 aromatic rings. The fraction of sp³-hybridized carbons (Fsp3) is 0.800. The van der Waals surface area contributed by atoms with Crippen LogP contribution in [0, 0.1) is 0 Å². The minimum Gasteiger partial charge on any atom is -0.317 e. The van der Waals surface area contributed by atoms with Gasteiger partial charge in [0.15, 0.2) is 0 Å². The molecule has 0 amide bonds. The first-order valence-corrected chi connectivity index (χ1v) is 5.48. The lowest BCUT2D eigenvalue weighted by molar-refractivity contribution is 0.393. The van der Waals surface area contributed by atoms with Crippen molar-refractivity contribution in [1.82, 2.24) is 25.2 Å². The summed E-state index contributed by atoms with van der Waals surface area (Å²) in [7, 11) is 4.20. The number of nitrogens with one attached hydrogen (secondary N) is 1. The number of aromatic nitrogens is 3. The molecule has 0 atom stereocenters. The van der Waals surface area contributed by atoms with Gasteiger partial charge in [0.1, 0.15) is 0 Å². The van der Waals surface area contributed by atoms with Gasteiger partial charge in [-0.25, -0.2) is 0 Å². The second kappa shape index (κ2) is 7.36. The van der Waals surface area contributed by atoms with Crippen LogP contribution in [-0.4, -0.2) is 53.6 Å². The van der Waals surface area contributed by atoms with Crippen LogP contribution < -0.4 is 5.32 Å². The van der Waals surface area contributed by atoms with Gasteiger partial charge in [-0.2, -0.15) is 0 Å². The predicted octanol–water partition coefficient (Wildman–Crippen LogP) is 0.210. The van der Waals surface area contributed by atoms with Crippen LogP contribution in [0.1, 0.15) is 12.8 Å². The Hall–Kier alpha value is -0.940. The summed E-state index contributed by atoms with van der Waals surface area (Å²) >= 11 is 0. The van der Waals surface area contributed by atoms with Crippen molar-refractivity contribution in [2.24, 2.45) is 0 Å². The number of aryl methyl sites for hydroxylation is 1.